The third-order valence-corrected chi connectivity index (χ3v) is 3.95. The Labute approximate surface area is 108 Å². The van der Waals surface area contributed by atoms with Crippen LogP contribution >= 0.6 is 22.9 Å². The van der Waals surface area contributed by atoms with E-state index in [1.54, 1.807) is 14.0 Å². The summed E-state index contributed by atoms with van der Waals surface area (Å²) in [4.78, 5) is 12.1. The summed E-state index contributed by atoms with van der Waals surface area (Å²) < 4.78 is 11.0. The molecule has 0 radical (unpaired) electrons. The van der Waals surface area contributed by atoms with Crippen LogP contribution in [0.25, 0.3) is 10.1 Å². The van der Waals surface area contributed by atoms with Crippen LogP contribution in [-0.2, 0) is 4.74 Å². The molecule has 17 heavy (non-hydrogen) atoms. The van der Waals surface area contributed by atoms with Crippen molar-refractivity contribution in [3.8, 4) is 5.75 Å². The highest BCUT2D eigenvalue weighted by Crippen LogP contribution is 2.37. The van der Waals surface area contributed by atoms with E-state index in [-0.39, 0.29) is 5.97 Å². The predicted molar refractivity (Wildman–Crippen MR) is 69.3 cm³/mol. The lowest BCUT2D eigenvalue weighted by Crippen LogP contribution is -2.02. The fraction of sp³-hybridized carbons (Fsp3) is 0.250. The van der Waals surface area contributed by atoms with Crippen LogP contribution < -0.4 is 4.74 Å². The van der Waals surface area contributed by atoms with Gasteiger partial charge < -0.3 is 9.47 Å². The molecule has 0 aliphatic rings. The van der Waals surface area contributed by atoms with Crippen molar-refractivity contribution in [2.75, 3.05) is 13.7 Å². The first kappa shape index (κ1) is 12.2. The molecule has 0 saturated carbocycles. The quantitative estimate of drug-likeness (QED) is 0.797. The van der Waals surface area contributed by atoms with Gasteiger partial charge in [-0.25, -0.2) is 4.79 Å². The van der Waals surface area contributed by atoms with E-state index in [4.69, 9.17) is 21.1 Å². The van der Waals surface area contributed by atoms with Gasteiger partial charge in [-0.1, -0.05) is 11.6 Å². The van der Waals surface area contributed by atoms with Crippen LogP contribution in [-0.4, -0.2) is 19.7 Å². The first-order valence-corrected chi connectivity index (χ1v) is 6.30. The minimum absolute atomic E-state index is 0.340. The van der Waals surface area contributed by atoms with Gasteiger partial charge in [-0.05, 0) is 25.1 Å². The molecule has 0 saturated heterocycles. The third kappa shape index (κ3) is 2.23. The minimum atomic E-state index is -0.377. The number of halogens is 1. The van der Waals surface area contributed by atoms with Crippen molar-refractivity contribution < 1.29 is 14.3 Å². The van der Waals surface area contributed by atoms with Gasteiger partial charge >= 0.3 is 5.97 Å². The molecule has 0 bridgehead atoms. The number of hydrogen-bond acceptors (Lipinski definition) is 4. The average Bonchev–Trinajstić information content (AvgIpc) is 2.67. The lowest BCUT2D eigenvalue weighted by atomic mass is 10.2. The van der Waals surface area contributed by atoms with Gasteiger partial charge in [0.2, 0.25) is 0 Å². The SMILES string of the molecule is CCOC(=O)c1sc2ccc(OC)cc2c1Cl. The Morgan fingerprint density at radius 2 is 2.24 bits per heavy atom. The molecular formula is C12H11ClO3S. The summed E-state index contributed by atoms with van der Waals surface area (Å²) in [5, 5.41) is 1.25. The molecule has 1 aromatic carbocycles. The van der Waals surface area contributed by atoms with E-state index in [0.29, 0.717) is 22.3 Å². The van der Waals surface area contributed by atoms with Gasteiger partial charge in [0.15, 0.2) is 0 Å². The highest BCUT2D eigenvalue weighted by atomic mass is 35.5. The van der Waals surface area contributed by atoms with Crippen molar-refractivity contribution in [3.63, 3.8) is 0 Å². The Balaban J connectivity index is 2.53. The molecule has 0 unspecified atom stereocenters. The number of hydrogen-bond donors (Lipinski definition) is 0. The molecule has 2 aromatic rings. The predicted octanol–water partition coefficient (Wildman–Crippen LogP) is 3.74. The second-order valence-electron chi connectivity index (χ2n) is 3.33. The highest BCUT2D eigenvalue weighted by Gasteiger charge is 2.18. The molecule has 5 heteroatoms. The van der Waals surface area contributed by atoms with Gasteiger partial charge in [0.25, 0.3) is 0 Å². The topological polar surface area (TPSA) is 35.5 Å². The Kier molecular flexibility index (Phi) is 3.54. The second-order valence-corrected chi connectivity index (χ2v) is 4.76. The number of methoxy groups -OCH3 is 1. The lowest BCUT2D eigenvalue weighted by Gasteiger charge is -1.99. The standard InChI is InChI=1S/C12H11ClO3S/c1-3-16-12(14)11-10(13)8-6-7(15-2)4-5-9(8)17-11/h4-6H,3H2,1-2H3. The number of ether oxygens (including phenoxy) is 2. The first-order chi connectivity index (χ1) is 8.17. The maximum Gasteiger partial charge on any atom is 0.349 e. The zero-order valence-electron chi connectivity index (χ0n) is 9.45. The van der Waals surface area contributed by atoms with Crippen LogP contribution in [0.15, 0.2) is 18.2 Å². The molecular weight excluding hydrogens is 260 g/mol. The monoisotopic (exact) mass is 270 g/mol. The molecule has 0 amide bonds. The molecule has 3 nitrogen and oxygen atoms in total. The zero-order valence-corrected chi connectivity index (χ0v) is 11.0. The fourth-order valence-electron chi connectivity index (χ4n) is 1.50. The number of rotatable bonds is 3. The van der Waals surface area contributed by atoms with Gasteiger partial charge in [-0.15, -0.1) is 11.3 Å². The molecule has 0 atom stereocenters. The third-order valence-electron chi connectivity index (χ3n) is 2.30. The second kappa shape index (κ2) is 4.94. The smallest absolute Gasteiger partial charge is 0.349 e. The van der Waals surface area contributed by atoms with Crippen LogP contribution in [0.4, 0.5) is 0 Å². The number of carbonyl (C=O) groups is 1. The molecule has 0 aliphatic heterocycles. The van der Waals surface area contributed by atoms with Gasteiger partial charge in [0.1, 0.15) is 10.6 Å². The normalized spacial score (nSPS) is 10.5. The van der Waals surface area contributed by atoms with E-state index in [0.717, 1.165) is 10.1 Å². The van der Waals surface area contributed by atoms with Gasteiger partial charge in [0, 0.05) is 10.1 Å². The van der Waals surface area contributed by atoms with E-state index in [1.807, 2.05) is 18.2 Å². The minimum Gasteiger partial charge on any atom is -0.497 e. The summed E-state index contributed by atoms with van der Waals surface area (Å²) in [6.07, 6.45) is 0. The largest absolute Gasteiger partial charge is 0.497 e. The average molecular weight is 271 g/mol. The molecule has 90 valence electrons. The fourth-order valence-corrected chi connectivity index (χ4v) is 2.88. The number of carbonyl (C=O) groups excluding carboxylic acids is 1. The van der Waals surface area contributed by atoms with Crippen LogP contribution in [0.5, 0.6) is 5.75 Å². The number of fused-ring (bicyclic) bond motifs is 1. The van der Waals surface area contributed by atoms with Crippen molar-refractivity contribution in [2.24, 2.45) is 0 Å². The van der Waals surface area contributed by atoms with Crippen molar-refractivity contribution in [1.82, 2.24) is 0 Å². The van der Waals surface area contributed by atoms with Gasteiger partial charge in [0.05, 0.1) is 18.7 Å². The Hall–Kier alpha value is -1.26. The Morgan fingerprint density at radius 3 is 2.88 bits per heavy atom. The van der Waals surface area contributed by atoms with Crippen molar-refractivity contribution in [1.29, 1.82) is 0 Å². The summed E-state index contributed by atoms with van der Waals surface area (Å²) in [6.45, 7) is 2.11. The molecule has 0 aliphatic carbocycles. The van der Waals surface area contributed by atoms with Crippen LogP contribution in [0.3, 0.4) is 0 Å². The van der Waals surface area contributed by atoms with E-state index in [9.17, 15) is 4.79 Å². The van der Waals surface area contributed by atoms with Crippen molar-refractivity contribution in [3.05, 3.63) is 28.1 Å². The van der Waals surface area contributed by atoms with Crippen molar-refractivity contribution >= 4 is 39.0 Å². The summed E-state index contributed by atoms with van der Waals surface area (Å²) in [5.74, 6) is 0.338. The van der Waals surface area contributed by atoms with Gasteiger partial charge in [-0.2, -0.15) is 0 Å². The lowest BCUT2D eigenvalue weighted by molar-refractivity contribution is 0.0532. The maximum absolute atomic E-state index is 11.7. The van der Waals surface area contributed by atoms with Crippen molar-refractivity contribution in [2.45, 2.75) is 6.92 Å². The van der Waals surface area contributed by atoms with Crippen LogP contribution in [0.2, 0.25) is 5.02 Å². The first-order valence-electron chi connectivity index (χ1n) is 5.10. The summed E-state index contributed by atoms with van der Waals surface area (Å²) >= 11 is 7.50. The number of esters is 1. The maximum atomic E-state index is 11.7. The Morgan fingerprint density at radius 1 is 1.47 bits per heavy atom. The molecule has 2 rings (SSSR count). The summed E-state index contributed by atoms with van der Waals surface area (Å²) in [5.41, 5.74) is 0. The highest BCUT2D eigenvalue weighted by molar-refractivity contribution is 7.21. The molecule has 1 aromatic heterocycles. The molecule has 0 spiro atoms. The van der Waals surface area contributed by atoms with E-state index in [1.165, 1.54) is 11.3 Å². The number of thiophene rings is 1. The van der Waals surface area contributed by atoms with Gasteiger partial charge in [-0.3, -0.25) is 0 Å². The van der Waals surface area contributed by atoms with E-state index < -0.39 is 0 Å². The molecule has 1 heterocycles. The molecule has 0 fully saturated rings. The Bertz CT molecular complexity index is 562. The van der Waals surface area contributed by atoms with Crippen LogP contribution in [0.1, 0.15) is 16.6 Å². The zero-order chi connectivity index (χ0) is 12.4. The summed E-state index contributed by atoms with van der Waals surface area (Å²) in [6, 6.07) is 5.54. The van der Waals surface area contributed by atoms with Crippen LogP contribution in [0, 0.1) is 0 Å². The van der Waals surface area contributed by atoms with E-state index >= 15 is 0 Å². The summed E-state index contributed by atoms with van der Waals surface area (Å²) in [7, 11) is 1.59. The van der Waals surface area contributed by atoms with E-state index in [2.05, 4.69) is 0 Å². The molecule has 0 N–H and O–H groups in total. The number of benzene rings is 1.